The van der Waals surface area contributed by atoms with Gasteiger partial charge < -0.3 is 50.4 Å². The van der Waals surface area contributed by atoms with Gasteiger partial charge in [-0.2, -0.15) is 15.1 Å². The Hall–Kier alpha value is -2.92. The lowest BCUT2D eigenvalue weighted by molar-refractivity contribution is -0.119. The number of rotatable bonds is 12. The van der Waals surface area contributed by atoms with Crippen molar-refractivity contribution in [2.45, 2.75) is 61.6 Å². The highest BCUT2D eigenvalue weighted by atomic mass is 35.5. The summed E-state index contributed by atoms with van der Waals surface area (Å²) in [5, 5.41) is 37.1. The fourth-order valence-corrected chi connectivity index (χ4v) is 5.89. The van der Waals surface area contributed by atoms with E-state index in [1.165, 1.54) is 35.1 Å². The van der Waals surface area contributed by atoms with Crippen LogP contribution in [0.25, 0.3) is 11.0 Å². The summed E-state index contributed by atoms with van der Waals surface area (Å²) in [7, 11) is -5.21. The lowest BCUT2D eigenvalue weighted by Gasteiger charge is -2.33. The molecular weight excluding hydrogens is 611 g/mol. The number of nitrogens with two attached hydrogens (primary N) is 1. The minimum absolute atomic E-state index is 0.0682. The number of halogens is 1. The highest BCUT2D eigenvalue weighted by molar-refractivity contribution is 7.53. The molecule has 1 saturated heterocycles. The topological polar surface area (TPSA) is 245 Å². The van der Waals surface area contributed by atoms with Gasteiger partial charge in [0.05, 0.1) is 24.8 Å². The van der Waals surface area contributed by atoms with Crippen LogP contribution in [0.4, 0.5) is 5.82 Å². The van der Waals surface area contributed by atoms with Crippen LogP contribution in [0.3, 0.4) is 0 Å². The van der Waals surface area contributed by atoms with Crippen LogP contribution >= 0.6 is 19.2 Å². The number of primary amides is 1. The molecule has 1 aromatic carbocycles. The number of aliphatic hydroxyl groups is 3. The van der Waals surface area contributed by atoms with Gasteiger partial charge in [0.1, 0.15) is 36.5 Å². The number of nitrogens with zero attached hydrogens (tertiary/aromatic N) is 4. The average molecular weight is 643 g/mol. The summed E-state index contributed by atoms with van der Waals surface area (Å²) in [6, 6.07) is 5.63. The van der Waals surface area contributed by atoms with E-state index in [4.69, 9.17) is 31.5 Å². The van der Waals surface area contributed by atoms with Crippen LogP contribution in [0.1, 0.15) is 42.3 Å². The minimum atomic E-state index is -5.21. The Bertz CT molecular complexity index is 1500. The molecular formula is C25H32ClN6O10P. The van der Waals surface area contributed by atoms with Crippen molar-refractivity contribution in [1.82, 2.24) is 19.7 Å². The quantitative estimate of drug-likeness (QED) is 0.105. The zero-order valence-electron chi connectivity index (χ0n) is 22.7. The average Bonchev–Trinajstić information content (AvgIpc) is 3.69. The van der Waals surface area contributed by atoms with Crippen LogP contribution in [-0.2, 0) is 14.0 Å². The molecule has 2 aromatic heterocycles. The van der Waals surface area contributed by atoms with Crippen molar-refractivity contribution in [3.8, 4) is 5.75 Å². The van der Waals surface area contributed by atoms with Gasteiger partial charge in [-0.3, -0.25) is 9.36 Å². The first-order chi connectivity index (χ1) is 20.4. The summed E-state index contributed by atoms with van der Waals surface area (Å²) in [6.07, 6.45) is -0.0740. The van der Waals surface area contributed by atoms with Crippen LogP contribution in [0.5, 0.6) is 5.75 Å². The largest absolute Gasteiger partial charge is 0.490 e. The van der Waals surface area contributed by atoms with Crippen molar-refractivity contribution in [3.63, 3.8) is 0 Å². The second-order valence-corrected chi connectivity index (χ2v) is 12.7. The van der Waals surface area contributed by atoms with Crippen LogP contribution in [0.2, 0.25) is 5.28 Å². The standard InChI is InChI=1S/C25H32ClN6O10P/c26-24-30-21(29-14-3-1-2-4-14)16-9-28-32(22(16)31-24)23-19(35)18(34)17(42-23)10-41-25(11-33,43(37,38)39)12-40-15-7-5-13(6-8-15)20(27)36/h5-9,14,17-19,23,33-35H,1-4,10-12H2,(H2,27,36)(H,29,30,31)(H2,37,38,39)/t17-,18-,19-,23-,25?/m1/s1. The van der Waals surface area contributed by atoms with Crippen molar-refractivity contribution in [3.05, 3.63) is 41.3 Å². The van der Waals surface area contributed by atoms with Gasteiger partial charge in [-0.1, -0.05) is 12.8 Å². The summed E-state index contributed by atoms with van der Waals surface area (Å²) >= 11 is 6.19. The van der Waals surface area contributed by atoms with E-state index in [1.54, 1.807) is 0 Å². The number of benzene rings is 1. The first-order valence-corrected chi connectivity index (χ1v) is 15.4. The Balaban J connectivity index is 1.31. The molecule has 1 unspecified atom stereocenters. The molecule has 0 bridgehead atoms. The van der Waals surface area contributed by atoms with Crippen LogP contribution in [-0.4, -0.2) is 100 Å². The van der Waals surface area contributed by atoms with E-state index in [2.05, 4.69) is 20.4 Å². The van der Waals surface area contributed by atoms with E-state index in [0.29, 0.717) is 11.2 Å². The Labute approximate surface area is 249 Å². The Morgan fingerprint density at radius 1 is 1.19 bits per heavy atom. The molecule has 43 heavy (non-hydrogen) atoms. The van der Waals surface area contributed by atoms with Gasteiger partial charge in [-0.15, -0.1) is 0 Å². The van der Waals surface area contributed by atoms with Gasteiger partial charge in [0.15, 0.2) is 11.9 Å². The Morgan fingerprint density at radius 2 is 1.88 bits per heavy atom. The fourth-order valence-electron chi connectivity index (χ4n) is 5.07. The number of nitrogens with one attached hydrogen (secondary N) is 1. The van der Waals surface area contributed by atoms with Gasteiger partial charge in [0.2, 0.25) is 16.5 Å². The second kappa shape index (κ2) is 12.6. The number of aliphatic hydroxyl groups excluding tert-OH is 3. The zero-order valence-corrected chi connectivity index (χ0v) is 24.3. The maximum absolute atomic E-state index is 12.5. The summed E-state index contributed by atoms with van der Waals surface area (Å²) in [5.41, 5.74) is 5.63. The first-order valence-electron chi connectivity index (χ1n) is 13.4. The molecule has 8 N–H and O–H groups in total. The molecule has 18 heteroatoms. The summed E-state index contributed by atoms with van der Waals surface area (Å²) in [5.74, 6) is -0.0922. The van der Waals surface area contributed by atoms with Crippen molar-refractivity contribution in [2.24, 2.45) is 5.73 Å². The minimum Gasteiger partial charge on any atom is -0.490 e. The molecule has 1 aliphatic heterocycles. The van der Waals surface area contributed by atoms with Crippen molar-refractivity contribution in [1.29, 1.82) is 0 Å². The summed E-state index contributed by atoms with van der Waals surface area (Å²) in [6.45, 7) is -2.64. The van der Waals surface area contributed by atoms with Crippen LogP contribution in [0.15, 0.2) is 30.5 Å². The third-order valence-corrected chi connectivity index (χ3v) is 9.23. The lowest BCUT2D eigenvalue weighted by Crippen LogP contribution is -2.46. The predicted octanol–water partition coefficient (Wildman–Crippen LogP) is 0.514. The number of ether oxygens (including phenoxy) is 3. The highest BCUT2D eigenvalue weighted by Gasteiger charge is 2.52. The van der Waals surface area contributed by atoms with E-state index in [-0.39, 0.29) is 28.3 Å². The SMILES string of the molecule is NC(=O)c1ccc(OCC(CO)(OC[C@H]2O[C@@H](n3ncc4c(NC5CCCC5)nc(Cl)nc43)[C@H](O)[C@@H]2O)P(=O)(O)O)cc1. The van der Waals surface area contributed by atoms with E-state index < -0.39 is 63.2 Å². The Kier molecular flexibility index (Phi) is 9.23. The third-order valence-electron chi connectivity index (χ3n) is 7.60. The van der Waals surface area contributed by atoms with E-state index in [1.807, 2.05) is 0 Å². The van der Waals surface area contributed by atoms with Gasteiger partial charge in [0.25, 0.3) is 0 Å². The molecule has 5 atom stereocenters. The molecule has 0 radical (unpaired) electrons. The molecule has 3 aromatic rings. The molecule has 0 spiro atoms. The zero-order chi connectivity index (χ0) is 30.9. The molecule has 16 nitrogen and oxygen atoms in total. The molecule has 5 rings (SSSR count). The van der Waals surface area contributed by atoms with Gasteiger partial charge in [0, 0.05) is 11.6 Å². The number of hydrogen-bond donors (Lipinski definition) is 7. The summed E-state index contributed by atoms with van der Waals surface area (Å²) in [4.78, 5) is 39.9. The number of anilines is 1. The molecule has 2 aliphatic rings. The van der Waals surface area contributed by atoms with Crippen LogP contribution in [0, 0.1) is 0 Å². The number of hydrogen-bond acceptors (Lipinski definition) is 12. The maximum Gasteiger partial charge on any atom is 0.363 e. The van der Waals surface area contributed by atoms with E-state index in [9.17, 15) is 34.5 Å². The number of carbonyl (C=O) groups is 1. The maximum atomic E-state index is 12.5. The van der Waals surface area contributed by atoms with Crippen molar-refractivity contribution < 1.29 is 48.7 Å². The molecule has 1 amide bonds. The smallest absolute Gasteiger partial charge is 0.363 e. The summed E-state index contributed by atoms with van der Waals surface area (Å²) < 4.78 is 30.5. The van der Waals surface area contributed by atoms with E-state index in [0.717, 1.165) is 25.7 Å². The highest BCUT2D eigenvalue weighted by Crippen LogP contribution is 2.51. The second-order valence-electron chi connectivity index (χ2n) is 10.5. The van der Waals surface area contributed by atoms with Gasteiger partial charge in [-0.05, 0) is 48.7 Å². The number of fused-ring (bicyclic) bond motifs is 1. The number of amides is 1. The fraction of sp³-hybridized carbons (Fsp3) is 0.520. The monoisotopic (exact) mass is 642 g/mol. The number of carbonyl (C=O) groups excluding carboxylic acids is 1. The molecule has 3 heterocycles. The van der Waals surface area contributed by atoms with Crippen molar-refractivity contribution in [2.75, 3.05) is 25.1 Å². The van der Waals surface area contributed by atoms with E-state index >= 15 is 0 Å². The predicted molar refractivity (Wildman–Crippen MR) is 150 cm³/mol. The molecule has 1 saturated carbocycles. The van der Waals surface area contributed by atoms with Crippen molar-refractivity contribution >= 4 is 42.0 Å². The van der Waals surface area contributed by atoms with Gasteiger partial charge in [-0.25, -0.2) is 4.68 Å². The normalized spacial score (nSPS) is 24.3. The lowest BCUT2D eigenvalue weighted by atomic mass is 10.1. The number of aromatic nitrogens is 4. The third kappa shape index (κ3) is 6.48. The van der Waals surface area contributed by atoms with Gasteiger partial charge >= 0.3 is 7.60 Å². The molecule has 1 aliphatic carbocycles. The van der Waals surface area contributed by atoms with Crippen LogP contribution < -0.4 is 15.8 Å². The Morgan fingerprint density at radius 3 is 2.51 bits per heavy atom. The molecule has 234 valence electrons. The molecule has 2 fully saturated rings. The first kappa shape index (κ1) is 31.5.